The van der Waals surface area contributed by atoms with E-state index < -0.39 is 5.97 Å². The number of benzene rings is 1. The lowest BCUT2D eigenvalue weighted by Crippen LogP contribution is -2.45. The number of carboxylic acid groups (broad SMARTS) is 1. The van der Waals surface area contributed by atoms with Crippen molar-refractivity contribution in [2.24, 2.45) is 5.92 Å². The average molecular weight is 365 g/mol. The number of hydrogen-bond acceptors (Lipinski definition) is 4. The van der Waals surface area contributed by atoms with Crippen molar-refractivity contribution < 1.29 is 23.8 Å². The quantitative estimate of drug-likeness (QED) is 0.848. The van der Waals surface area contributed by atoms with Crippen molar-refractivity contribution in [1.82, 2.24) is 10.2 Å². The number of morpholine rings is 1. The standard InChI is InChI=1S/C18H24FN3O4/c19-15-1-2-16(21-7-9-26-10-8-21)14(11-15)12-20-18(25)22-5-3-13(4-6-22)17(23)24/h1-2,11,13H,3-10,12H2,(H,20,25)(H,23,24). The molecule has 0 spiro atoms. The van der Waals surface area contributed by atoms with E-state index >= 15 is 0 Å². The Morgan fingerprint density at radius 2 is 1.88 bits per heavy atom. The predicted molar refractivity (Wildman–Crippen MR) is 93.6 cm³/mol. The van der Waals surface area contributed by atoms with Gasteiger partial charge in [-0.15, -0.1) is 0 Å². The highest BCUT2D eigenvalue weighted by Gasteiger charge is 2.27. The second-order valence-electron chi connectivity index (χ2n) is 6.63. The Bertz CT molecular complexity index is 656. The number of carbonyl (C=O) groups excluding carboxylic acids is 1. The van der Waals surface area contributed by atoms with Crippen LogP contribution in [0.25, 0.3) is 0 Å². The van der Waals surface area contributed by atoms with Gasteiger partial charge in [0.15, 0.2) is 0 Å². The monoisotopic (exact) mass is 365 g/mol. The van der Waals surface area contributed by atoms with Crippen molar-refractivity contribution in [3.05, 3.63) is 29.6 Å². The summed E-state index contributed by atoms with van der Waals surface area (Å²) in [6, 6.07) is 4.36. The van der Waals surface area contributed by atoms with E-state index in [4.69, 9.17) is 9.84 Å². The maximum atomic E-state index is 13.7. The third kappa shape index (κ3) is 4.43. The largest absolute Gasteiger partial charge is 0.481 e. The third-order valence-corrected chi connectivity index (χ3v) is 4.95. The number of amides is 2. The van der Waals surface area contributed by atoms with Crippen LogP contribution in [0.15, 0.2) is 18.2 Å². The number of nitrogens with one attached hydrogen (secondary N) is 1. The van der Waals surface area contributed by atoms with E-state index in [1.54, 1.807) is 11.0 Å². The van der Waals surface area contributed by atoms with Crippen LogP contribution in [0, 0.1) is 11.7 Å². The van der Waals surface area contributed by atoms with E-state index in [2.05, 4.69) is 10.2 Å². The number of likely N-dealkylation sites (tertiary alicyclic amines) is 1. The lowest BCUT2D eigenvalue weighted by Gasteiger charge is -2.32. The van der Waals surface area contributed by atoms with Gasteiger partial charge in [-0.2, -0.15) is 0 Å². The number of nitrogens with zero attached hydrogens (tertiary/aromatic N) is 2. The number of piperidine rings is 1. The summed E-state index contributed by atoms with van der Waals surface area (Å²) < 4.78 is 19.0. The van der Waals surface area contributed by atoms with E-state index in [1.807, 2.05) is 0 Å². The molecule has 0 aromatic heterocycles. The van der Waals surface area contributed by atoms with Gasteiger partial charge in [-0.05, 0) is 36.6 Å². The lowest BCUT2D eigenvalue weighted by atomic mass is 9.97. The molecule has 0 radical (unpaired) electrons. The highest BCUT2D eigenvalue weighted by atomic mass is 19.1. The highest BCUT2D eigenvalue weighted by Crippen LogP contribution is 2.23. The molecule has 0 aliphatic carbocycles. The molecule has 0 unspecified atom stereocenters. The first-order valence-corrected chi connectivity index (χ1v) is 8.91. The summed E-state index contributed by atoms with van der Waals surface area (Å²) in [6.07, 6.45) is 0.920. The molecule has 26 heavy (non-hydrogen) atoms. The van der Waals surface area contributed by atoms with E-state index in [1.165, 1.54) is 12.1 Å². The molecule has 2 N–H and O–H groups in total. The van der Waals surface area contributed by atoms with Gasteiger partial charge in [-0.3, -0.25) is 4.79 Å². The van der Waals surface area contributed by atoms with Crippen LogP contribution >= 0.6 is 0 Å². The Morgan fingerprint density at radius 3 is 2.54 bits per heavy atom. The fourth-order valence-corrected chi connectivity index (χ4v) is 3.42. The molecule has 2 aliphatic heterocycles. The van der Waals surface area contributed by atoms with Crippen LogP contribution in [0.5, 0.6) is 0 Å². The van der Waals surface area contributed by atoms with Crippen LogP contribution in [0.2, 0.25) is 0 Å². The molecule has 3 rings (SSSR count). The molecule has 2 aliphatic rings. The topological polar surface area (TPSA) is 82.1 Å². The first kappa shape index (κ1) is 18.4. The van der Waals surface area contributed by atoms with Crippen molar-refractivity contribution in [2.45, 2.75) is 19.4 Å². The molecule has 1 aromatic carbocycles. The summed E-state index contributed by atoms with van der Waals surface area (Å²) in [5.41, 5.74) is 1.63. The maximum Gasteiger partial charge on any atom is 0.317 e. The minimum absolute atomic E-state index is 0.224. The Kier molecular flexibility index (Phi) is 5.92. The van der Waals surface area contributed by atoms with Crippen LogP contribution < -0.4 is 10.2 Å². The van der Waals surface area contributed by atoms with Gasteiger partial charge >= 0.3 is 12.0 Å². The van der Waals surface area contributed by atoms with Gasteiger partial charge in [-0.1, -0.05) is 0 Å². The fraction of sp³-hybridized carbons (Fsp3) is 0.556. The molecular weight excluding hydrogens is 341 g/mol. The smallest absolute Gasteiger partial charge is 0.317 e. The zero-order valence-corrected chi connectivity index (χ0v) is 14.6. The maximum absolute atomic E-state index is 13.7. The minimum Gasteiger partial charge on any atom is -0.481 e. The SMILES string of the molecule is O=C(O)C1CCN(C(=O)NCc2cc(F)ccc2N2CCOCC2)CC1. The van der Waals surface area contributed by atoms with Crippen LogP contribution in [-0.2, 0) is 16.1 Å². The zero-order chi connectivity index (χ0) is 18.5. The molecule has 7 nitrogen and oxygen atoms in total. The van der Waals surface area contributed by atoms with Crippen LogP contribution in [-0.4, -0.2) is 61.4 Å². The van der Waals surface area contributed by atoms with Gasteiger partial charge in [-0.25, -0.2) is 9.18 Å². The lowest BCUT2D eigenvalue weighted by molar-refractivity contribution is -0.143. The first-order valence-electron chi connectivity index (χ1n) is 8.91. The number of urea groups is 1. The molecule has 2 heterocycles. The van der Waals surface area contributed by atoms with Crippen LogP contribution in [0.4, 0.5) is 14.9 Å². The number of aliphatic carboxylic acids is 1. The number of carbonyl (C=O) groups is 2. The second-order valence-corrected chi connectivity index (χ2v) is 6.63. The summed E-state index contributed by atoms with van der Waals surface area (Å²) in [4.78, 5) is 27.1. The molecule has 142 valence electrons. The summed E-state index contributed by atoms with van der Waals surface area (Å²) in [6.45, 7) is 3.78. The Balaban J connectivity index is 1.59. The number of hydrogen-bond donors (Lipinski definition) is 2. The van der Waals surface area contributed by atoms with Crippen LogP contribution in [0.1, 0.15) is 18.4 Å². The average Bonchev–Trinajstić information content (AvgIpc) is 2.67. The first-order chi connectivity index (χ1) is 12.5. The van der Waals surface area contributed by atoms with Crippen molar-refractivity contribution >= 4 is 17.7 Å². The predicted octanol–water partition coefficient (Wildman–Crippen LogP) is 1.67. The summed E-state index contributed by atoms with van der Waals surface area (Å²) in [5, 5.41) is 11.9. The summed E-state index contributed by atoms with van der Waals surface area (Å²) in [5.74, 6) is -1.52. The number of ether oxygens (including phenoxy) is 1. The molecule has 2 fully saturated rings. The van der Waals surface area contributed by atoms with Crippen molar-refractivity contribution in [2.75, 3.05) is 44.3 Å². The third-order valence-electron chi connectivity index (χ3n) is 4.95. The van der Waals surface area contributed by atoms with Crippen molar-refractivity contribution in [1.29, 1.82) is 0 Å². The normalized spacial score (nSPS) is 18.7. The van der Waals surface area contributed by atoms with Gasteiger partial charge in [0.1, 0.15) is 5.82 Å². The van der Waals surface area contributed by atoms with Crippen molar-refractivity contribution in [3.63, 3.8) is 0 Å². The Morgan fingerprint density at radius 1 is 1.19 bits per heavy atom. The molecule has 8 heteroatoms. The zero-order valence-electron chi connectivity index (χ0n) is 14.6. The molecule has 0 saturated carbocycles. The van der Waals surface area contributed by atoms with E-state index in [-0.39, 0.29) is 24.3 Å². The Hall–Kier alpha value is -2.35. The van der Waals surface area contributed by atoms with E-state index in [0.29, 0.717) is 39.1 Å². The molecule has 1 aromatic rings. The second kappa shape index (κ2) is 8.35. The van der Waals surface area contributed by atoms with E-state index in [9.17, 15) is 14.0 Å². The van der Waals surface area contributed by atoms with Gasteiger partial charge in [0.25, 0.3) is 0 Å². The van der Waals surface area contributed by atoms with Crippen LogP contribution in [0.3, 0.4) is 0 Å². The van der Waals surface area contributed by atoms with Gasteiger partial charge in [0.05, 0.1) is 19.1 Å². The molecule has 0 bridgehead atoms. The number of rotatable bonds is 4. The molecule has 2 saturated heterocycles. The van der Waals surface area contributed by atoms with E-state index in [0.717, 1.165) is 24.3 Å². The van der Waals surface area contributed by atoms with Gasteiger partial charge in [0.2, 0.25) is 0 Å². The minimum atomic E-state index is -0.806. The van der Waals surface area contributed by atoms with Gasteiger partial charge < -0.3 is 25.0 Å². The summed E-state index contributed by atoms with van der Waals surface area (Å²) >= 11 is 0. The van der Waals surface area contributed by atoms with Crippen molar-refractivity contribution in [3.8, 4) is 0 Å². The number of halogens is 1. The summed E-state index contributed by atoms with van der Waals surface area (Å²) in [7, 11) is 0. The molecule has 0 atom stereocenters. The van der Waals surface area contributed by atoms with Gasteiger partial charge in [0, 0.05) is 38.4 Å². The molecular formula is C18H24FN3O4. The highest BCUT2D eigenvalue weighted by molar-refractivity contribution is 5.75. The molecule has 2 amide bonds. The fourth-order valence-electron chi connectivity index (χ4n) is 3.42. The Labute approximate surface area is 151 Å². The number of anilines is 1. The number of carboxylic acids is 1.